The van der Waals surface area contributed by atoms with E-state index in [0.29, 0.717) is 6.42 Å². The third kappa shape index (κ3) is 13.3. The van der Waals surface area contributed by atoms with Gasteiger partial charge >= 0.3 is 5.97 Å². The summed E-state index contributed by atoms with van der Waals surface area (Å²) in [5, 5.41) is 35.5. The molecule has 0 fully saturated rings. The molecule has 0 radical (unpaired) electrons. The molecule has 0 aromatic rings. The van der Waals surface area contributed by atoms with Crippen LogP contribution in [-0.2, 0) is 19.2 Å². The molecule has 0 aromatic carbocycles. The Kier molecular flexibility index (Phi) is 15.1. The fourth-order valence-electron chi connectivity index (χ4n) is 2.80. The first-order chi connectivity index (χ1) is 16.8. The first kappa shape index (κ1) is 32.3. The minimum Gasteiger partial charge on any atom is -0.480 e. The lowest BCUT2D eigenvalue weighted by Gasteiger charge is -2.26. The van der Waals surface area contributed by atoms with Gasteiger partial charge in [0, 0.05) is 13.1 Å². The van der Waals surface area contributed by atoms with Crippen LogP contribution < -0.4 is 44.6 Å². The van der Waals surface area contributed by atoms with Crippen LogP contribution in [0.5, 0.6) is 0 Å². The number of carboxylic acid groups (broad SMARTS) is 1. The molecular formula is C19H38N10O7. The standard InChI is InChI=1S/C19H38N10O7/c1-9(31)13(16(34)27-11(17(35)36)5-3-7-26-19(23)24)29-15(33)12(8-30)28-14(32)10(20)4-2-6-25-18(21)22/h9-13,30-31H,2-8,20H2,1H3,(H,27,34)(H,28,32)(H,29,33)(H,35,36)(H4,21,22,25)(H4,23,24,26). The number of nitrogens with zero attached hydrogens (tertiary/aromatic N) is 2. The Labute approximate surface area is 207 Å². The van der Waals surface area contributed by atoms with Gasteiger partial charge in [0.1, 0.15) is 18.1 Å². The van der Waals surface area contributed by atoms with E-state index in [1.54, 1.807) is 0 Å². The number of amides is 3. The van der Waals surface area contributed by atoms with E-state index in [9.17, 15) is 34.5 Å². The number of carboxylic acids is 1. The average Bonchev–Trinajstić information content (AvgIpc) is 2.79. The number of carbonyl (C=O) groups excluding carboxylic acids is 3. The Bertz CT molecular complexity index is 797. The highest BCUT2D eigenvalue weighted by Gasteiger charge is 2.32. The number of guanidine groups is 2. The van der Waals surface area contributed by atoms with Crippen molar-refractivity contribution in [2.45, 2.75) is 62.9 Å². The summed E-state index contributed by atoms with van der Waals surface area (Å²) in [6.07, 6.45) is -0.692. The fraction of sp³-hybridized carbons (Fsp3) is 0.684. The smallest absolute Gasteiger partial charge is 0.326 e. The second kappa shape index (κ2) is 16.8. The van der Waals surface area contributed by atoms with Crippen LogP contribution in [0.1, 0.15) is 32.6 Å². The quantitative estimate of drug-likeness (QED) is 0.0487. The van der Waals surface area contributed by atoms with Gasteiger partial charge in [-0.1, -0.05) is 0 Å². The van der Waals surface area contributed by atoms with Gasteiger partial charge in [0.05, 0.1) is 18.8 Å². The average molecular weight is 519 g/mol. The molecule has 206 valence electrons. The van der Waals surface area contributed by atoms with Crippen molar-refractivity contribution >= 4 is 35.6 Å². The van der Waals surface area contributed by atoms with Crippen molar-refractivity contribution in [1.29, 1.82) is 0 Å². The van der Waals surface area contributed by atoms with Crippen molar-refractivity contribution in [3.8, 4) is 0 Å². The number of nitrogens with one attached hydrogen (secondary N) is 3. The Morgan fingerprint density at radius 2 is 1.31 bits per heavy atom. The van der Waals surface area contributed by atoms with E-state index in [2.05, 4.69) is 25.9 Å². The highest BCUT2D eigenvalue weighted by atomic mass is 16.4. The number of aliphatic hydroxyl groups excluding tert-OH is 2. The zero-order chi connectivity index (χ0) is 27.8. The van der Waals surface area contributed by atoms with E-state index in [4.69, 9.17) is 28.7 Å². The molecule has 0 bridgehead atoms. The SMILES string of the molecule is CC(O)C(NC(=O)C(CO)NC(=O)C(N)CCCN=C(N)N)C(=O)NC(CCCN=C(N)N)C(=O)O. The predicted molar refractivity (Wildman–Crippen MR) is 130 cm³/mol. The maximum atomic E-state index is 12.6. The van der Waals surface area contributed by atoms with E-state index in [0.717, 1.165) is 0 Å². The van der Waals surface area contributed by atoms with E-state index < -0.39 is 60.6 Å². The Balaban J connectivity index is 5.06. The van der Waals surface area contributed by atoms with E-state index in [1.165, 1.54) is 6.92 Å². The molecule has 0 heterocycles. The number of nitrogens with two attached hydrogens (primary N) is 5. The maximum Gasteiger partial charge on any atom is 0.326 e. The second-order valence-electron chi connectivity index (χ2n) is 7.87. The summed E-state index contributed by atoms with van der Waals surface area (Å²) in [7, 11) is 0. The third-order valence-corrected chi connectivity index (χ3v) is 4.74. The van der Waals surface area contributed by atoms with Crippen LogP contribution in [0.4, 0.5) is 0 Å². The number of hydrogen-bond donors (Lipinski definition) is 11. The Morgan fingerprint density at radius 1 is 0.806 bits per heavy atom. The van der Waals surface area contributed by atoms with Crippen LogP contribution in [0, 0.1) is 0 Å². The van der Waals surface area contributed by atoms with Crippen molar-refractivity contribution in [1.82, 2.24) is 16.0 Å². The molecule has 0 aliphatic heterocycles. The second-order valence-corrected chi connectivity index (χ2v) is 7.87. The lowest BCUT2D eigenvalue weighted by Crippen LogP contribution is -2.60. The Morgan fingerprint density at radius 3 is 1.75 bits per heavy atom. The predicted octanol–water partition coefficient (Wildman–Crippen LogP) is -5.67. The van der Waals surface area contributed by atoms with Gasteiger partial charge in [-0.25, -0.2) is 4.79 Å². The number of rotatable bonds is 17. The highest BCUT2D eigenvalue weighted by molar-refractivity contribution is 5.94. The van der Waals surface area contributed by atoms with Crippen molar-refractivity contribution in [3.05, 3.63) is 0 Å². The van der Waals surface area contributed by atoms with Crippen LogP contribution >= 0.6 is 0 Å². The topological polar surface area (TPSA) is 320 Å². The Hall–Kier alpha value is -3.70. The molecule has 0 aliphatic rings. The molecule has 0 aromatic heterocycles. The monoisotopic (exact) mass is 518 g/mol. The number of aliphatic carboxylic acids is 1. The van der Waals surface area contributed by atoms with Crippen LogP contribution in [0.2, 0.25) is 0 Å². The zero-order valence-electron chi connectivity index (χ0n) is 20.1. The van der Waals surface area contributed by atoms with Gasteiger partial charge in [-0.3, -0.25) is 24.4 Å². The molecular weight excluding hydrogens is 480 g/mol. The normalized spacial score (nSPS) is 14.8. The van der Waals surface area contributed by atoms with Gasteiger partial charge in [-0.05, 0) is 32.6 Å². The molecule has 16 N–H and O–H groups in total. The number of carbonyl (C=O) groups is 4. The van der Waals surface area contributed by atoms with Gasteiger partial charge in [-0.15, -0.1) is 0 Å². The fourth-order valence-corrected chi connectivity index (χ4v) is 2.80. The van der Waals surface area contributed by atoms with Crippen molar-refractivity contribution in [3.63, 3.8) is 0 Å². The molecule has 5 unspecified atom stereocenters. The molecule has 17 nitrogen and oxygen atoms in total. The largest absolute Gasteiger partial charge is 0.480 e. The number of aliphatic hydroxyl groups is 2. The summed E-state index contributed by atoms with van der Waals surface area (Å²) in [6, 6.07) is -5.47. The molecule has 0 saturated heterocycles. The van der Waals surface area contributed by atoms with Crippen molar-refractivity contribution in [2.75, 3.05) is 19.7 Å². The molecule has 0 spiro atoms. The molecule has 0 saturated carbocycles. The van der Waals surface area contributed by atoms with Gasteiger partial charge in [-0.2, -0.15) is 0 Å². The van der Waals surface area contributed by atoms with Crippen LogP contribution in [0.25, 0.3) is 0 Å². The van der Waals surface area contributed by atoms with Crippen LogP contribution in [-0.4, -0.2) is 101 Å². The molecule has 36 heavy (non-hydrogen) atoms. The minimum atomic E-state index is -1.59. The van der Waals surface area contributed by atoms with E-state index in [-0.39, 0.29) is 44.3 Å². The van der Waals surface area contributed by atoms with Crippen LogP contribution in [0.3, 0.4) is 0 Å². The summed E-state index contributed by atoms with van der Waals surface area (Å²) < 4.78 is 0. The van der Waals surface area contributed by atoms with Gasteiger partial charge in [0.2, 0.25) is 17.7 Å². The van der Waals surface area contributed by atoms with Gasteiger partial charge in [0.25, 0.3) is 0 Å². The van der Waals surface area contributed by atoms with E-state index in [1.807, 2.05) is 0 Å². The van der Waals surface area contributed by atoms with Gasteiger partial charge < -0.3 is 59.9 Å². The third-order valence-electron chi connectivity index (χ3n) is 4.74. The first-order valence-corrected chi connectivity index (χ1v) is 11.1. The lowest BCUT2D eigenvalue weighted by atomic mass is 10.1. The maximum absolute atomic E-state index is 12.6. The van der Waals surface area contributed by atoms with Crippen LogP contribution in [0.15, 0.2) is 9.98 Å². The lowest BCUT2D eigenvalue weighted by molar-refractivity contribution is -0.143. The number of aliphatic imine (C=N–C) groups is 2. The molecule has 5 atom stereocenters. The van der Waals surface area contributed by atoms with Gasteiger partial charge in [0.15, 0.2) is 11.9 Å². The molecule has 0 rings (SSSR count). The summed E-state index contributed by atoms with van der Waals surface area (Å²) in [5.41, 5.74) is 26.6. The summed E-state index contributed by atoms with van der Waals surface area (Å²) in [4.78, 5) is 56.4. The zero-order valence-corrected chi connectivity index (χ0v) is 20.1. The first-order valence-electron chi connectivity index (χ1n) is 11.1. The molecule has 0 aliphatic carbocycles. The number of hydrogen-bond acceptors (Lipinski definition) is 9. The summed E-state index contributed by atoms with van der Waals surface area (Å²) >= 11 is 0. The summed E-state index contributed by atoms with van der Waals surface area (Å²) in [5.74, 6) is -4.37. The van der Waals surface area contributed by atoms with Crippen molar-refractivity contribution < 1.29 is 34.5 Å². The molecule has 17 heteroatoms. The van der Waals surface area contributed by atoms with Crippen molar-refractivity contribution in [2.24, 2.45) is 38.7 Å². The minimum absolute atomic E-state index is 0.0330. The molecule has 3 amide bonds. The van der Waals surface area contributed by atoms with E-state index >= 15 is 0 Å². The highest BCUT2D eigenvalue weighted by Crippen LogP contribution is 2.03. The summed E-state index contributed by atoms with van der Waals surface area (Å²) in [6.45, 7) is 0.726.